The minimum absolute atomic E-state index is 0.0943. The van der Waals surface area contributed by atoms with Crippen molar-refractivity contribution < 1.29 is 4.79 Å². The zero-order chi connectivity index (χ0) is 12.3. The molecule has 0 atom stereocenters. The van der Waals surface area contributed by atoms with E-state index in [2.05, 4.69) is 15.5 Å². The summed E-state index contributed by atoms with van der Waals surface area (Å²) in [6.45, 7) is 2.47. The van der Waals surface area contributed by atoms with Gasteiger partial charge in [0.1, 0.15) is 10.0 Å². The number of aryl methyl sites for hydroxylation is 1. The molecule has 0 bridgehead atoms. The smallest absolute Gasteiger partial charge is 0.261 e. The normalized spacial score (nSPS) is 10.5. The summed E-state index contributed by atoms with van der Waals surface area (Å²) in [6, 6.07) is 3.44. The molecular weight excluding hydrogens is 278 g/mol. The summed E-state index contributed by atoms with van der Waals surface area (Å²) in [5.74, 6) is -0.0943. The molecule has 90 valence electrons. The van der Waals surface area contributed by atoms with E-state index in [1.807, 2.05) is 6.92 Å². The van der Waals surface area contributed by atoms with Crippen LogP contribution in [0.1, 0.15) is 19.7 Å². The summed E-state index contributed by atoms with van der Waals surface area (Å²) in [5, 5.41) is 12.6. The number of hydrogen-bond acceptors (Lipinski definition) is 5. The third kappa shape index (κ3) is 3.49. The fourth-order valence-corrected chi connectivity index (χ4v) is 2.91. The minimum atomic E-state index is -0.0943. The van der Waals surface area contributed by atoms with Gasteiger partial charge in [0.25, 0.3) is 5.91 Å². The zero-order valence-electron chi connectivity index (χ0n) is 9.07. The van der Waals surface area contributed by atoms with Crippen LogP contribution in [0.4, 0.5) is 0 Å². The Labute approximate surface area is 112 Å². The molecule has 0 fully saturated rings. The van der Waals surface area contributed by atoms with Gasteiger partial charge in [-0.2, -0.15) is 0 Å². The molecule has 0 radical (unpaired) electrons. The number of nitrogens with zero attached hydrogens (tertiary/aromatic N) is 2. The summed E-state index contributed by atoms with van der Waals surface area (Å²) in [6.07, 6.45) is 0.705. The van der Waals surface area contributed by atoms with Crippen LogP contribution in [0.2, 0.25) is 4.34 Å². The van der Waals surface area contributed by atoms with Crippen molar-refractivity contribution in [3.8, 4) is 0 Å². The number of carbonyl (C=O) groups excluding carboxylic acids is 1. The van der Waals surface area contributed by atoms with E-state index in [0.29, 0.717) is 22.2 Å². The maximum absolute atomic E-state index is 11.7. The number of aromatic nitrogens is 2. The van der Waals surface area contributed by atoms with Crippen molar-refractivity contribution in [1.82, 2.24) is 15.5 Å². The third-order valence-electron chi connectivity index (χ3n) is 1.99. The largest absolute Gasteiger partial charge is 0.351 e. The molecule has 1 amide bonds. The Hall–Kier alpha value is -0.980. The average molecular weight is 288 g/mol. The fourth-order valence-electron chi connectivity index (χ4n) is 1.24. The molecule has 2 heterocycles. The van der Waals surface area contributed by atoms with Gasteiger partial charge >= 0.3 is 0 Å². The predicted octanol–water partition coefficient (Wildman–Crippen LogP) is 2.53. The van der Waals surface area contributed by atoms with Gasteiger partial charge < -0.3 is 5.32 Å². The van der Waals surface area contributed by atoms with Gasteiger partial charge in [0, 0.05) is 13.0 Å². The van der Waals surface area contributed by atoms with Gasteiger partial charge in [0.05, 0.1) is 9.21 Å². The molecule has 7 heteroatoms. The first-order valence-electron chi connectivity index (χ1n) is 4.97. The molecule has 4 nitrogen and oxygen atoms in total. The molecule has 1 N–H and O–H groups in total. The Kier molecular flexibility index (Phi) is 4.09. The highest BCUT2D eigenvalue weighted by molar-refractivity contribution is 7.18. The SMILES string of the molecule is Cc1nnc(CCNC(=O)c2ccc(Cl)s2)s1. The molecule has 2 aromatic rings. The molecule has 17 heavy (non-hydrogen) atoms. The lowest BCUT2D eigenvalue weighted by Crippen LogP contribution is -2.24. The second kappa shape index (κ2) is 5.57. The van der Waals surface area contributed by atoms with Crippen LogP contribution in [0.3, 0.4) is 0 Å². The highest BCUT2D eigenvalue weighted by atomic mass is 35.5. The van der Waals surface area contributed by atoms with Crippen molar-refractivity contribution >= 4 is 40.2 Å². The molecule has 0 saturated heterocycles. The third-order valence-corrected chi connectivity index (χ3v) is 4.12. The lowest BCUT2D eigenvalue weighted by molar-refractivity contribution is 0.0958. The van der Waals surface area contributed by atoms with Crippen molar-refractivity contribution in [3.05, 3.63) is 31.4 Å². The van der Waals surface area contributed by atoms with Gasteiger partial charge in [0.15, 0.2) is 0 Å². The lowest BCUT2D eigenvalue weighted by Gasteiger charge is -2.00. The monoisotopic (exact) mass is 287 g/mol. The first-order valence-corrected chi connectivity index (χ1v) is 6.99. The molecule has 0 saturated carbocycles. The average Bonchev–Trinajstić information content (AvgIpc) is 2.88. The van der Waals surface area contributed by atoms with Gasteiger partial charge in [-0.15, -0.1) is 32.9 Å². The van der Waals surface area contributed by atoms with Crippen LogP contribution < -0.4 is 5.32 Å². The number of carbonyl (C=O) groups is 1. The van der Waals surface area contributed by atoms with Crippen molar-refractivity contribution in [3.63, 3.8) is 0 Å². The maximum Gasteiger partial charge on any atom is 0.261 e. The van der Waals surface area contributed by atoms with E-state index in [4.69, 9.17) is 11.6 Å². The molecule has 0 aliphatic carbocycles. The molecule has 0 spiro atoms. The number of nitrogens with one attached hydrogen (secondary N) is 1. The second-order valence-electron chi connectivity index (χ2n) is 3.32. The van der Waals surface area contributed by atoms with E-state index in [1.54, 1.807) is 23.5 Å². The highest BCUT2D eigenvalue weighted by Gasteiger charge is 2.08. The van der Waals surface area contributed by atoms with Crippen LogP contribution >= 0.6 is 34.3 Å². The number of rotatable bonds is 4. The summed E-state index contributed by atoms with van der Waals surface area (Å²) in [7, 11) is 0. The molecule has 0 aromatic carbocycles. The maximum atomic E-state index is 11.7. The van der Waals surface area contributed by atoms with Crippen LogP contribution in [-0.2, 0) is 6.42 Å². The number of amides is 1. The standard InChI is InChI=1S/C10H10ClN3OS2/c1-6-13-14-9(16-6)4-5-12-10(15)7-2-3-8(11)17-7/h2-3H,4-5H2,1H3,(H,12,15). The second-order valence-corrected chi connectivity index (χ2v) is 6.31. The predicted molar refractivity (Wildman–Crippen MR) is 70.0 cm³/mol. The fraction of sp³-hybridized carbons (Fsp3) is 0.300. The molecule has 2 rings (SSSR count). The van der Waals surface area contributed by atoms with E-state index >= 15 is 0 Å². The summed E-state index contributed by atoms with van der Waals surface area (Å²) >= 11 is 8.58. The lowest BCUT2D eigenvalue weighted by atomic mass is 10.4. The molecule has 0 unspecified atom stereocenters. The molecular formula is C10H10ClN3OS2. The van der Waals surface area contributed by atoms with Gasteiger partial charge in [-0.25, -0.2) is 0 Å². The van der Waals surface area contributed by atoms with E-state index in [-0.39, 0.29) is 5.91 Å². The molecule has 2 aromatic heterocycles. The summed E-state index contributed by atoms with van der Waals surface area (Å²) < 4.78 is 0.620. The van der Waals surface area contributed by atoms with Crippen LogP contribution in [0.15, 0.2) is 12.1 Å². The first-order chi connectivity index (χ1) is 8.15. The minimum Gasteiger partial charge on any atom is -0.351 e. The van der Waals surface area contributed by atoms with Crippen LogP contribution in [0, 0.1) is 6.92 Å². The number of hydrogen-bond donors (Lipinski definition) is 1. The van der Waals surface area contributed by atoms with Crippen LogP contribution in [-0.4, -0.2) is 22.6 Å². The Morgan fingerprint density at radius 2 is 2.24 bits per heavy atom. The van der Waals surface area contributed by atoms with Gasteiger partial charge in [-0.05, 0) is 19.1 Å². The van der Waals surface area contributed by atoms with Crippen molar-refractivity contribution in [2.45, 2.75) is 13.3 Å². The molecule has 0 aliphatic rings. The van der Waals surface area contributed by atoms with E-state index < -0.39 is 0 Å². The zero-order valence-corrected chi connectivity index (χ0v) is 11.5. The quantitative estimate of drug-likeness (QED) is 0.940. The molecule has 0 aliphatic heterocycles. The van der Waals surface area contributed by atoms with Crippen molar-refractivity contribution in [2.24, 2.45) is 0 Å². The van der Waals surface area contributed by atoms with E-state index in [1.165, 1.54) is 11.3 Å². The van der Waals surface area contributed by atoms with E-state index in [0.717, 1.165) is 10.0 Å². The first kappa shape index (κ1) is 12.5. The van der Waals surface area contributed by atoms with E-state index in [9.17, 15) is 4.79 Å². The van der Waals surface area contributed by atoms with Gasteiger partial charge in [0.2, 0.25) is 0 Å². The summed E-state index contributed by atoms with van der Waals surface area (Å²) in [5.41, 5.74) is 0. The summed E-state index contributed by atoms with van der Waals surface area (Å²) in [4.78, 5) is 12.3. The van der Waals surface area contributed by atoms with Gasteiger partial charge in [-0.1, -0.05) is 11.6 Å². The number of thiophene rings is 1. The Morgan fingerprint density at radius 3 is 2.82 bits per heavy atom. The Balaban J connectivity index is 1.81. The van der Waals surface area contributed by atoms with Gasteiger partial charge in [-0.3, -0.25) is 4.79 Å². The Bertz CT molecular complexity index is 523. The highest BCUT2D eigenvalue weighted by Crippen LogP contribution is 2.21. The van der Waals surface area contributed by atoms with Crippen LogP contribution in [0.5, 0.6) is 0 Å². The topological polar surface area (TPSA) is 54.9 Å². The van der Waals surface area contributed by atoms with Crippen molar-refractivity contribution in [2.75, 3.05) is 6.54 Å². The number of halogens is 1. The van der Waals surface area contributed by atoms with Crippen molar-refractivity contribution in [1.29, 1.82) is 0 Å². The van der Waals surface area contributed by atoms with Crippen LogP contribution in [0.25, 0.3) is 0 Å². The Morgan fingerprint density at radius 1 is 1.41 bits per heavy atom.